The highest BCUT2D eigenvalue weighted by atomic mass is 19.1. The van der Waals surface area contributed by atoms with E-state index in [4.69, 9.17) is 9.76 Å². The molecule has 0 aliphatic rings. The first kappa shape index (κ1) is 11.1. The molecule has 4 heteroatoms. The zero-order valence-electron chi connectivity index (χ0n) is 8.29. The van der Waals surface area contributed by atoms with Crippen LogP contribution in [0.2, 0.25) is 0 Å². The molecule has 0 bridgehead atoms. The summed E-state index contributed by atoms with van der Waals surface area (Å²) >= 11 is 0. The van der Waals surface area contributed by atoms with Crippen LogP contribution in [-0.2, 0) is 0 Å². The number of halogens is 1. The predicted octanol–water partition coefficient (Wildman–Crippen LogP) is 0.974. The van der Waals surface area contributed by atoms with Crippen molar-refractivity contribution in [1.29, 1.82) is 0 Å². The summed E-state index contributed by atoms with van der Waals surface area (Å²) in [7, 11) is -0.147. The molecular formula is C10H14BFO2. The number of ether oxygens (including phenoxy) is 1. The Morgan fingerprint density at radius 3 is 2.86 bits per heavy atom. The SMILES string of the molecule is CCCCOc1ccc(BO)cc1F. The van der Waals surface area contributed by atoms with E-state index >= 15 is 0 Å². The number of rotatable bonds is 5. The van der Waals surface area contributed by atoms with Crippen LogP contribution in [0.1, 0.15) is 19.8 Å². The molecule has 1 aromatic carbocycles. The van der Waals surface area contributed by atoms with Crippen LogP contribution in [0.5, 0.6) is 5.75 Å². The Hall–Kier alpha value is -1.03. The predicted molar refractivity (Wildman–Crippen MR) is 55.8 cm³/mol. The van der Waals surface area contributed by atoms with Crippen molar-refractivity contribution in [3.8, 4) is 5.75 Å². The lowest BCUT2D eigenvalue weighted by molar-refractivity contribution is 0.294. The molecule has 0 amide bonds. The van der Waals surface area contributed by atoms with Gasteiger partial charge in [0.2, 0.25) is 0 Å². The average molecular weight is 196 g/mol. The van der Waals surface area contributed by atoms with Crippen LogP contribution in [0.15, 0.2) is 18.2 Å². The lowest BCUT2D eigenvalue weighted by Crippen LogP contribution is -2.14. The Morgan fingerprint density at radius 2 is 2.29 bits per heavy atom. The molecule has 0 atom stereocenters. The first-order valence-electron chi connectivity index (χ1n) is 4.80. The van der Waals surface area contributed by atoms with Crippen LogP contribution in [0.4, 0.5) is 4.39 Å². The lowest BCUT2D eigenvalue weighted by Gasteiger charge is -2.06. The van der Waals surface area contributed by atoms with E-state index in [1.807, 2.05) is 0 Å². The standard InChI is InChI=1S/C10H14BFO2/c1-2-3-6-14-10-5-4-8(11-13)7-9(10)12/h4-5,7,11,13H,2-3,6H2,1H3. The average Bonchev–Trinajstić information content (AvgIpc) is 2.20. The highest BCUT2D eigenvalue weighted by molar-refractivity contribution is 6.45. The summed E-state index contributed by atoms with van der Waals surface area (Å²) in [5.74, 6) is -0.150. The monoisotopic (exact) mass is 196 g/mol. The second-order valence-corrected chi connectivity index (χ2v) is 3.12. The molecule has 1 aromatic rings. The molecular weight excluding hydrogens is 182 g/mol. The third-order valence-corrected chi connectivity index (χ3v) is 1.93. The molecule has 14 heavy (non-hydrogen) atoms. The van der Waals surface area contributed by atoms with Gasteiger partial charge >= 0.3 is 7.48 Å². The molecule has 0 aliphatic heterocycles. The van der Waals surface area contributed by atoms with Gasteiger partial charge in [-0.2, -0.15) is 0 Å². The van der Waals surface area contributed by atoms with Gasteiger partial charge in [0.15, 0.2) is 11.6 Å². The summed E-state index contributed by atoms with van der Waals surface area (Å²) in [5, 5.41) is 8.76. The Bertz CT molecular complexity index is 291. The molecule has 1 N–H and O–H groups in total. The van der Waals surface area contributed by atoms with E-state index in [1.165, 1.54) is 6.07 Å². The van der Waals surface area contributed by atoms with Crippen LogP contribution in [0.3, 0.4) is 0 Å². The summed E-state index contributed by atoms with van der Waals surface area (Å²) in [6, 6.07) is 4.50. The van der Waals surface area contributed by atoms with Gasteiger partial charge in [-0.3, -0.25) is 0 Å². The van der Waals surface area contributed by atoms with E-state index in [0.717, 1.165) is 12.8 Å². The molecule has 0 radical (unpaired) electrons. The van der Waals surface area contributed by atoms with Crippen molar-refractivity contribution >= 4 is 12.9 Å². The fourth-order valence-corrected chi connectivity index (χ4v) is 1.09. The fourth-order valence-electron chi connectivity index (χ4n) is 1.09. The van der Waals surface area contributed by atoms with E-state index in [9.17, 15) is 4.39 Å². The van der Waals surface area contributed by atoms with Crippen molar-refractivity contribution in [2.45, 2.75) is 19.8 Å². The minimum atomic E-state index is -0.410. The number of unbranched alkanes of at least 4 members (excludes halogenated alkanes) is 1. The zero-order chi connectivity index (χ0) is 10.4. The number of benzene rings is 1. The minimum Gasteiger partial charge on any atom is -0.491 e. The quantitative estimate of drug-likeness (QED) is 0.561. The van der Waals surface area contributed by atoms with E-state index < -0.39 is 5.82 Å². The first-order chi connectivity index (χ1) is 6.77. The largest absolute Gasteiger partial charge is 0.491 e. The Balaban J connectivity index is 2.59. The maximum absolute atomic E-state index is 13.2. The smallest absolute Gasteiger partial charge is 0.304 e. The van der Waals surface area contributed by atoms with Crippen LogP contribution < -0.4 is 10.2 Å². The highest BCUT2D eigenvalue weighted by Gasteiger charge is 2.04. The molecule has 0 unspecified atom stereocenters. The molecule has 0 aromatic heterocycles. The van der Waals surface area contributed by atoms with E-state index in [2.05, 4.69) is 6.92 Å². The van der Waals surface area contributed by atoms with Gasteiger partial charge in [0.05, 0.1) is 6.61 Å². The third-order valence-electron chi connectivity index (χ3n) is 1.93. The van der Waals surface area contributed by atoms with Gasteiger partial charge in [0, 0.05) is 0 Å². The second kappa shape index (κ2) is 5.65. The minimum absolute atomic E-state index is 0.147. The zero-order valence-corrected chi connectivity index (χ0v) is 8.29. The molecule has 0 spiro atoms. The topological polar surface area (TPSA) is 29.5 Å². The first-order valence-corrected chi connectivity index (χ1v) is 4.80. The number of hydrogen-bond donors (Lipinski definition) is 1. The van der Waals surface area contributed by atoms with Crippen molar-refractivity contribution in [3.05, 3.63) is 24.0 Å². The molecule has 76 valence electrons. The second-order valence-electron chi connectivity index (χ2n) is 3.12. The lowest BCUT2D eigenvalue weighted by atomic mass is 9.89. The van der Waals surface area contributed by atoms with Gasteiger partial charge in [-0.1, -0.05) is 19.4 Å². The molecule has 0 saturated carbocycles. The molecule has 0 heterocycles. The third kappa shape index (κ3) is 3.03. The van der Waals surface area contributed by atoms with Gasteiger partial charge in [-0.05, 0) is 24.0 Å². The van der Waals surface area contributed by atoms with Crippen molar-refractivity contribution in [1.82, 2.24) is 0 Å². The van der Waals surface area contributed by atoms with Gasteiger partial charge in [-0.25, -0.2) is 4.39 Å². The van der Waals surface area contributed by atoms with E-state index in [0.29, 0.717) is 12.1 Å². The van der Waals surface area contributed by atoms with Crippen molar-refractivity contribution in [2.75, 3.05) is 6.61 Å². The summed E-state index contributed by atoms with van der Waals surface area (Å²) in [6.07, 6.45) is 1.94. The molecule has 0 aliphatic carbocycles. The van der Waals surface area contributed by atoms with Crippen molar-refractivity contribution in [3.63, 3.8) is 0 Å². The van der Waals surface area contributed by atoms with Crippen LogP contribution >= 0.6 is 0 Å². The van der Waals surface area contributed by atoms with Crippen molar-refractivity contribution in [2.24, 2.45) is 0 Å². The van der Waals surface area contributed by atoms with E-state index in [-0.39, 0.29) is 13.2 Å². The maximum atomic E-state index is 13.2. The molecule has 0 saturated heterocycles. The fraction of sp³-hybridized carbons (Fsp3) is 0.400. The van der Waals surface area contributed by atoms with Gasteiger partial charge in [0.25, 0.3) is 0 Å². The Morgan fingerprint density at radius 1 is 1.50 bits per heavy atom. The van der Waals surface area contributed by atoms with Crippen molar-refractivity contribution < 1.29 is 14.2 Å². The van der Waals surface area contributed by atoms with Crippen LogP contribution in [0.25, 0.3) is 0 Å². The Labute approximate surface area is 84.0 Å². The summed E-state index contributed by atoms with van der Waals surface area (Å²) in [4.78, 5) is 0. The summed E-state index contributed by atoms with van der Waals surface area (Å²) < 4.78 is 18.4. The van der Waals surface area contributed by atoms with Crippen LogP contribution in [-0.4, -0.2) is 19.1 Å². The van der Waals surface area contributed by atoms with Gasteiger partial charge in [-0.15, -0.1) is 0 Å². The molecule has 1 rings (SSSR count). The van der Waals surface area contributed by atoms with Crippen LogP contribution in [0, 0.1) is 5.82 Å². The molecule has 0 fully saturated rings. The molecule has 2 nitrogen and oxygen atoms in total. The van der Waals surface area contributed by atoms with Gasteiger partial charge in [0.1, 0.15) is 0 Å². The summed E-state index contributed by atoms with van der Waals surface area (Å²) in [6.45, 7) is 2.58. The highest BCUT2D eigenvalue weighted by Crippen LogP contribution is 2.14. The normalized spacial score (nSPS) is 9.93. The summed E-state index contributed by atoms with van der Waals surface area (Å²) in [5.41, 5.74) is 0.561. The maximum Gasteiger partial charge on any atom is 0.304 e. The van der Waals surface area contributed by atoms with Gasteiger partial charge < -0.3 is 9.76 Å². The number of hydrogen-bond acceptors (Lipinski definition) is 2. The Kier molecular flexibility index (Phi) is 4.46. The van der Waals surface area contributed by atoms with E-state index in [1.54, 1.807) is 12.1 Å².